The number of benzene rings is 3. The summed E-state index contributed by atoms with van der Waals surface area (Å²) in [5, 5.41) is 13.9. The van der Waals surface area contributed by atoms with E-state index in [4.69, 9.17) is 9.40 Å². The number of unbranched alkanes of at least 4 members (excludes halogenated alkanes) is 3. The molecule has 3 aromatic carbocycles. The second kappa shape index (κ2) is 9.40. The molecule has 0 amide bonds. The first-order valence-electron chi connectivity index (χ1n) is 12.6. The van der Waals surface area contributed by atoms with Crippen molar-refractivity contribution in [3.05, 3.63) is 93.2 Å². The fourth-order valence-corrected chi connectivity index (χ4v) is 5.96. The van der Waals surface area contributed by atoms with Crippen LogP contribution in [0.3, 0.4) is 0 Å². The van der Waals surface area contributed by atoms with Crippen LogP contribution < -0.4 is 5.63 Å². The van der Waals surface area contributed by atoms with Gasteiger partial charge in [-0.1, -0.05) is 62.6 Å². The van der Waals surface area contributed by atoms with Crippen molar-refractivity contribution in [3.63, 3.8) is 0 Å². The van der Waals surface area contributed by atoms with Crippen molar-refractivity contribution in [3.8, 4) is 38.7 Å². The molecule has 0 atom stereocenters. The maximum atomic E-state index is 12.8. The quantitative estimate of drug-likeness (QED) is 0.181. The number of aryl methyl sites for hydroxylation is 1. The van der Waals surface area contributed by atoms with E-state index in [2.05, 4.69) is 49.4 Å². The first-order valence-corrected chi connectivity index (χ1v) is 13.5. The Balaban J connectivity index is 1.31. The summed E-state index contributed by atoms with van der Waals surface area (Å²) >= 11 is 1.45. The highest BCUT2D eigenvalue weighted by Crippen LogP contribution is 2.39. The molecule has 5 heteroatoms. The normalized spacial score (nSPS) is 12.1. The van der Waals surface area contributed by atoms with Gasteiger partial charge in [0.25, 0.3) is 0 Å². The van der Waals surface area contributed by atoms with Crippen LogP contribution in [0.5, 0.6) is 5.75 Å². The Kier molecular flexibility index (Phi) is 5.94. The number of rotatable bonds is 7. The zero-order valence-corrected chi connectivity index (χ0v) is 21.0. The van der Waals surface area contributed by atoms with Crippen LogP contribution in [0.15, 0.2) is 75.3 Å². The Bertz CT molecular complexity index is 1650. The predicted molar refractivity (Wildman–Crippen MR) is 147 cm³/mol. The molecule has 0 fully saturated rings. The van der Waals surface area contributed by atoms with Gasteiger partial charge in [0.2, 0.25) is 0 Å². The van der Waals surface area contributed by atoms with E-state index < -0.39 is 5.63 Å². The van der Waals surface area contributed by atoms with Gasteiger partial charge >= 0.3 is 5.63 Å². The molecule has 2 heterocycles. The summed E-state index contributed by atoms with van der Waals surface area (Å²) in [6, 6.07) is 20.4. The minimum absolute atomic E-state index is 0.185. The Morgan fingerprint density at radius 3 is 2.69 bits per heavy atom. The van der Waals surface area contributed by atoms with E-state index in [1.807, 2.05) is 17.5 Å². The number of phenolic OH excluding ortho intramolecular Hbond substituents is 1. The standard InChI is InChI=1S/C31H27NO3S/c1-2-3-4-5-9-21-15-23-16-26(31(34)35-29(23)17-28(21)33)30-32-27(18-36-30)20-11-12-25-22(14-20)13-19-8-6-7-10-24(19)25/h6-8,10-12,14-18,33H,2-5,9,13H2,1H3. The molecule has 1 aliphatic rings. The number of nitrogens with zero attached hydrogens (tertiary/aromatic N) is 1. The molecule has 180 valence electrons. The van der Waals surface area contributed by atoms with Crippen molar-refractivity contribution in [2.24, 2.45) is 0 Å². The van der Waals surface area contributed by atoms with Gasteiger partial charge in [-0.25, -0.2) is 9.78 Å². The van der Waals surface area contributed by atoms with Crippen molar-refractivity contribution < 1.29 is 9.52 Å². The van der Waals surface area contributed by atoms with Gasteiger partial charge in [0.15, 0.2) is 0 Å². The highest BCUT2D eigenvalue weighted by molar-refractivity contribution is 7.13. The number of fused-ring (bicyclic) bond motifs is 4. The van der Waals surface area contributed by atoms with Gasteiger partial charge < -0.3 is 9.52 Å². The molecule has 0 saturated heterocycles. The lowest BCUT2D eigenvalue weighted by Gasteiger charge is -2.07. The highest BCUT2D eigenvalue weighted by atomic mass is 32.1. The van der Waals surface area contributed by atoms with E-state index >= 15 is 0 Å². The summed E-state index contributed by atoms with van der Waals surface area (Å²) < 4.78 is 5.59. The first-order chi connectivity index (χ1) is 17.6. The third-order valence-electron chi connectivity index (χ3n) is 7.06. The zero-order chi connectivity index (χ0) is 24.6. The summed E-state index contributed by atoms with van der Waals surface area (Å²) in [6.07, 6.45) is 6.26. The second-order valence-corrected chi connectivity index (χ2v) is 10.4. The number of hydrogen-bond acceptors (Lipinski definition) is 5. The number of aromatic nitrogens is 1. The van der Waals surface area contributed by atoms with Crippen LogP contribution in [0.25, 0.3) is 43.9 Å². The minimum atomic E-state index is -0.442. The molecule has 1 aliphatic carbocycles. The van der Waals surface area contributed by atoms with Gasteiger partial charge in [-0.2, -0.15) is 0 Å². The summed E-state index contributed by atoms with van der Waals surface area (Å²) in [6.45, 7) is 2.18. The van der Waals surface area contributed by atoms with Crippen LogP contribution in [0.2, 0.25) is 0 Å². The predicted octanol–water partition coefficient (Wildman–Crippen LogP) is 7.98. The van der Waals surface area contributed by atoms with Crippen LogP contribution in [0.1, 0.15) is 49.3 Å². The molecule has 0 unspecified atom stereocenters. The van der Waals surface area contributed by atoms with Gasteiger partial charge in [-0.15, -0.1) is 11.3 Å². The molecule has 2 aromatic heterocycles. The van der Waals surface area contributed by atoms with Crippen molar-refractivity contribution in [1.82, 2.24) is 4.98 Å². The summed E-state index contributed by atoms with van der Waals surface area (Å²) in [4.78, 5) is 17.6. The molecule has 4 nitrogen and oxygen atoms in total. The van der Waals surface area contributed by atoms with E-state index in [0.717, 1.165) is 47.9 Å². The van der Waals surface area contributed by atoms with Gasteiger partial charge in [-0.05, 0) is 65.3 Å². The maximum absolute atomic E-state index is 12.8. The van der Waals surface area contributed by atoms with Crippen molar-refractivity contribution in [2.75, 3.05) is 0 Å². The lowest BCUT2D eigenvalue weighted by atomic mass is 10.0. The van der Waals surface area contributed by atoms with Gasteiger partial charge in [0.1, 0.15) is 16.3 Å². The fraction of sp³-hybridized carbons (Fsp3) is 0.226. The lowest BCUT2D eigenvalue weighted by molar-refractivity contribution is 0.464. The molecule has 0 bridgehead atoms. The molecule has 6 rings (SSSR count). The third-order valence-corrected chi connectivity index (χ3v) is 7.93. The van der Waals surface area contributed by atoms with E-state index in [-0.39, 0.29) is 5.75 Å². The fourth-order valence-electron chi connectivity index (χ4n) is 5.13. The van der Waals surface area contributed by atoms with Crippen LogP contribution in [0, 0.1) is 0 Å². The molecule has 0 aliphatic heterocycles. The van der Waals surface area contributed by atoms with E-state index in [1.54, 1.807) is 6.07 Å². The Labute approximate surface area is 213 Å². The summed E-state index contributed by atoms with van der Waals surface area (Å²) in [7, 11) is 0. The molecular formula is C31H27NO3S. The molecule has 0 spiro atoms. The molecule has 1 N–H and O–H groups in total. The summed E-state index contributed by atoms with van der Waals surface area (Å²) in [5.74, 6) is 0.185. The van der Waals surface area contributed by atoms with Crippen molar-refractivity contribution >= 4 is 22.3 Å². The number of phenols is 1. The number of aromatic hydroxyl groups is 1. The van der Waals surface area contributed by atoms with Crippen molar-refractivity contribution in [2.45, 2.75) is 45.4 Å². The van der Waals surface area contributed by atoms with Gasteiger partial charge in [0.05, 0.1) is 11.3 Å². The smallest absolute Gasteiger partial charge is 0.346 e. The van der Waals surface area contributed by atoms with Crippen LogP contribution in [-0.4, -0.2) is 10.1 Å². The topological polar surface area (TPSA) is 63.3 Å². The Hall–Kier alpha value is -3.70. The van der Waals surface area contributed by atoms with Crippen LogP contribution >= 0.6 is 11.3 Å². The molecule has 0 radical (unpaired) electrons. The Morgan fingerprint density at radius 1 is 0.944 bits per heavy atom. The van der Waals surface area contributed by atoms with Crippen LogP contribution in [-0.2, 0) is 12.8 Å². The molecule has 5 aromatic rings. The third kappa shape index (κ3) is 4.14. The lowest BCUT2D eigenvalue weighted by Crippen LogP contribution is -2.03. The monoisotopic (exact) mass is 493 g/mol. The van der Waals surface area contributed by atoms with Gasteiger partial charge in [0, 0.05) is 22.4 Å². The number of thiazole rings is 1. The second-order valence-electron chi connectivity index (χ2n) is 9.52. The zero-order valence-electron chi connectivity index (χ0n) is 20.2. The van der Waals surface area contributed by atoms with Crippen LogP contribution in [0.4, 0.5) is 0 Å². The Morgan fingerprint density at radius 2 is 1.81 bits per heavy atom. The molecular weight excluding hydrogens is 466 g/mol. The van der Waals surface area contributed by atoms with Crippen molar-refractivity contribution in [1.29, 1.82) is 0 Å². The molecule has 36 heavy (non-hydrogen) atoms. The van der Waals surface area contributed by atoms with E-state index in [1.165, 1.54) is 46.4 Å². The number of hydrogen-bond donors (Lipinski definition) is 1. The average molecular weight is 494 g/mol. The van der Waals surface area contributed by atoms with E-state index in [0.29, 0.717) is 16.2 Å². The van der Waals surface area contributed by atoms with E-state index in [9.17, 15) is 9.90 Å². The highest BCUT2D eigenvalue weighted by Gasteiger charge is 2.19. The summed E-state index contributed by atoms with van der Waals surface area (Å²) in [5.41, 5.74) is 8.46. The SMILES string of the molecule is CCCCCCc1cc2cc(-c3nc(-c4ccc5c(c4)Cc4ccccc4-5)cs3)c(=O)oc2cc1O. The first kappa shape index (κ1) is 22.7. The molecule has 0 saturated carbocycles. The maximum Gasteiger partial charge on any atom is 0.346 e. The average Bonchev–Trinajstić information content (AvgIpc) is 3.51. The van der Waals surface area contributed by atoms with Gasteiger partial charge in [-0.3, -0.25) is 0 Å². The minimum Gasteiger partial charge on any atom is -0.508 e. The largest absolute Gasteiger partial charge is 0.508 e.